The maximum Gasteiger partial charge on any atom is 0.471 e. The van der Waals surface area contributed by atoms with Gasteiger partial charge in [0.1, 0.15) is 5.82 Å². The molecule has 6 heteroatoms. The number of amides is 1. The highest BCUT2D eigenvalue weighted by molar-refractivity contribution is 5.82. The van der Waals surface area contributed by atoms with Crippen molar-refractivity contribution in [3.05, 3.63) is 35.6 Å². The molecule has 0 saturated heterocycles. The monoisotopic (exact) mass is 261 g/mol. The molecule has 2 rings (SSSR count). The zero-order valence-corrected chi connectivity index (χ0v) is 9.35. The lowest BCUT2D eigenvalue weighted by atomic mass is 9.71. The fourth-order valence-electron chi connectivity index (χ4n) is 2.07. The van der Waals surface area contributed by atoms with E-state index in [-0.39, 0.29) is 0 Å². The predicted octanol–water partition coefficient (Wildman–Crippen LogP) is 2.88. The molecule has 1 amide bonds. The van der Waals surface area contributed by atoms with Gasteiger partial charge in [-0.3, -0.25) is 4.79 Å². The first-order chi connectivity index (χ1) is 8.33. The van der Waals surface area contributed by atoms with Crippen LogP contribution in [0, 0.1) is 5.82 Å². The van der Waals surface area contributed by atoms with Crippen LogP contribution in [0.4, 0.5) is 17.6 Å². The lowest BCUT2D eigenvalue weighted by Crippen LogP contribution is -2.54. The molecule has 1 aromatic carbocycles. The normalized spacial score (nSPS) is 18.0. The maximum atomic E-state index is 12.8. The number of halogens is 4. The molecule has 1 saturated carbocycles. The SMILES string of the molecule is O=C(NC1(c2ccc(F)cc2)CCC1)C(F)(F)F. The highest BCUT2D eigenvalue weighted by Gasteiger charge is 2.47. The van der Waals surface area contributed by atoms with Crippen LogP contribution in [0.2, 0.25) is 0 Å². The molecular weight excluding hydrogens is 250 g/mol. The van der Waals surface area contributed by atoms with Crippen LogP contribution in [0.5, 0.6) is 0 Å². The molecule has 98 valence electrons. The molecule has 0 aliphatic heterocycles. The van der Waals surface area contributed by atoms with Gasteiger partial charge in [0.15, 0.2) is 0 Å². The van der Waals surface area contributed by atoms with Crippen molar-refractivity contribution >= 4 is 5.91 Å². The second kappa shape index (κ2) is 4.26. The van der Waals surface area contributed by atoms with Crippen molar-refractivity contribution in [3.8, 4) is 0 Å². The topological polar surface area (TPSA) is 29.1 Å². The van der Waals surface area contributed by atoms with Gasteiger partial charge in [0.25, 0.3) is 0 Å². The minimum Gasteiger partial charge on any atom is -0.339 e. The van der Waals surface area contributed by atoms with Crippen LogP contribution in [-0.4, -0.2) is 12.1 Å². The third-order valence-electron chi connectivity index (χ3n) is 3.21. The van der Waals surface area contributed by atoms with Gasteiger partial charge in [-0.05, 0) is 37.0 Å². The summed E-state index contributed by atoms with van der Waals surface area (Å²) in [6.07, 6.45) is -3.31. The van der Waals surface area contributed by atoms with Gasteiger partial charge < -0.3 is 5.32 Å². The van der Waals surface area contributed by atoms with Gasteiger partial charge in [0.05, 0.1) is 5.54 Å². The molecule has 18 heavy (non-hydrogen) atoms. The van der Waals surface area contributed by atoms with Crippen molar-refractivity contribution in [1.29, 1.82) is 0 Å². The molecule has 0 heterocycles. The van der Waals surface area contributed by atoms with Gasteiger partial charge in [-0.15, -0.1) is 0 Å². The summed E-state index contributed by atoms with van der Waals surface area (Å²) in [7, 11) is 0. The van der Waals surface area contributed by atoms with E-state index < -0.39 is 23.4 Å². The average molecular weight is 261 g/mol. The summed E-state index contributed by atoms with van der Waals surface area (Å²) in [6, 6.07) is 5.17. The quantitative estimate of drug-likeness (QED) is 0.815. The molecule has 1 aliphatic carbocycles. The van der Waals surface area contributed by atoms with E-state index in [0.29, 0.717) is 18.4 Å². The molecule has 1 aliphatic rings. The van der Waals surface area contributed by atoms with Gasteiger partial charge >= 0.3 is 12.1 Å². The molecule has 2 nitrogen and oxygen atoms in total. The van der Waals surface area contributed by atoms with E-state index >= 15 is 0 Å². The smallest absolute Gasteiger partial charge is 0.339 e. The summed E-state index contributed by atoms with van der Waals surface area (Å²) in [5, 5.41) is 2.02. The Hall–Kier alpha value is -1.59. The van der Waals surface area contributed by atoms with Crippen LogP contribution in [0.3, 0.4) is 0 Å². The van der Waals surface area contributed by atoms with Gasteiger partial charge in [0, 0.05) is 0 Å². The van der Waals surface area contributed by atoms with E-state index in [1.165, 1.54) is 24.3 Å². The van der Waals surface area contributed by atoms with Gasteiger partial charge in [-0.25, -0.2) is 4.39 Å². The van der Waals surface area contributed by atoms with Crippen molar-refractivity contribution in [2.24, 2.45) is 0 Å². The number of carbonyl (C=O) groups excluding carboxylic acids is 1. The number of benzene rings is 1. The number of hydrogen-bond donors (Lipinski definition) is 1. The Morgan fingerprint density at radius 2 is 1.72 bits per heavy atom. The lowest BCUT2D eigenvalue weighted by molar-refractivity contribution is -0.177. The van der Waals surface area contributed by atoms with Crippen LogP contribution in [0.25, 0.3) is 0 Å². The van der Waals surface area contributed by atoms with Crippen LogP contribution in [0.15, 0.2) is 24.3 Å². The lowest BCUT2D eigenvalue weighted by Gasteiger charge is -2.43. The molecule has 0 bridgehead atoms. The molecule has 1 N–H and O–H groups in total. The van der Waals surface area contributed by atoms with E-state index in [9.17, 15) is 22.4 Å². The van der Waals surface area contributed by atoms with Crippen LogP contribution in [-0.2, 0) is 10.3 Å². The Labute approximate surface area is 101 Å². The Bertz CT molecular complexity index is 448. The predicted molar refractivity (Wildman–Crippen MR) is 56.1 cm³/mol. The molecule has 0 atom stereocenters. The van der Waals surface area contributed by atoms with Gasteiger partial charge in [0.2, 0.25) is 0 Å². The summed E-state index contributed by atoms with van der Waals surface area (Å²) < 4.78 is 49.5. The number of carbonyl (C=O) groups is 1. The molecule has 0 spiro atoms. The third-order valence-corrected chi connectivity index (χ3v) is 3.21. The maximum absolute atomic E-state index is 12.8. The molecular formula is C12H11F4NO. The summed E-state index contributed by atoms with van der Waals surface area (Å²) in [5.74, 6) is -2.41. The summed E-state index contributed by atoms with van der Waals surface area (Å²) in [5.41, 5.74) is -0.493. The van der Waals surface area contributed by atoms with Gasteiger partial charge in [-0.2, -0.15) is 13.2 Å². The Kier molecular flexibility index (Phi) is 3.04. The number of nitrogens with one attached hydrogen (secondary N) is 1. The van der Waals surface area contributed by atoms with E-state index in [1.54, 1.807) is 0 Å². The summed E-state index contributed by atoms with van der Waals surface area (Å²) >= 11 is 0. The summed E-state index contributed by atoms with van der Waals surface area (Å²) in [6.45, 7) is 0. The molecule has 1 aromatic rings. The minimum atomic E-state index is -4.90. The largest absolute Gasteiger partial charge is 0.471 e. The number of alkyl halides is 3. The highest BCUT2D eigenvalue weighted by atomic mass is 19.4. The Morgan fingerprint density at radius 1 is 1.17 bits per heavy atom. The number of rotatable bonds is 2. The van der Waals surface area contributed by atoms with Crippen molar-refractivity contribution in [3.63, 3.8) is 0 Å². The molecule has 0 aromatic heterocycles. The third kappa shape index (κ3) is 2.32. The first-order valence-electron chi connectivity index (χ1n) is 5.49. The highest BCUT2D eigenvalue weighted by Crippen LogP contribution is 2.41. The fourth-order valence-corrected chi connectivity index (χ4v) is 2.07. The Balaban J connectivity index is 2.21. The summed E-state index contributed by atoms with van der Waals surface area (Å²) in [4.78, 5) is 11.0. The first kappa shape index (κ1) is 12.9. The average Bonchev–Trinajstić information content (AvgIpc) is 2.23. The number of hydrogen-bond acceptors (Lipinski definition) is 1. The molecule has 0 unspecified atom stereocenters. The standard InChI is InChI=1S/C12H11F4NO/c13-9-4-2-8(3-5-9)11(6-1-7-11)17-10(18)12(14,15)16/h2-5H,1,6-7H2,(H,17,18). The zero-order valence-electron chi connectivity index (χ0n) is 9.35. The van der Waals surface area contributed by atoms with Crippen molar-refractivity contribution < 1.29 is 22.4 Å². The second-order valence-electron chi connectivity index (χ2n) is 4.39. The Morgan fingerprint density at radius 3 is 2.11 bits per heavy atom. The van der Waals surface area contributed by atoms with E-state index in [4.69, 9.17) is 0 Å². The zero-order chi connectivity index (χ0) is 13.4. The van der Waals surface area contributed by atoms with Crippen molar-refractivity contribution in [2.75, 3.05) is 0 Å². The van der Waals surface area contributed by atoms with Gasteiger partial charge in [-0.1, -0.05) is 12.1 Å². The van der Waals surface area contributed by atoms with E-state index in [2.05, 4.69) is 0 Å². The van der Waals surface area contributed by atoms with Crippen LogP contribution < -0.4 is 5.32 Å². The van der Waals surface area contributed by atoms with E-state index in [1.807, 2.05) is 5.32 Å². The first-order valence-corrected chi connectivity index (χ1v) is 5.49. The van der Waals surface area contributed by atoms with Crippen molar-refractivity contribution in [2.45, 2.75) is 31.0 Å². The van der Waals surface area contributed by atoms with Crippen LogP contribution >= 0.6 is 0 Å². The van der Waals surface area contributed by atoms with Crippen molar-refractivity contribution in [1.82, 2.24) is 5.32 Å². The fraction of sp³-hybridized carbons (Fsp3) is 0.417. The van der Waals surface area contributed by atoms with Crippen LogP contribution in [0.1, 0.15) is 24.8 Å². The van der Waals surface area contributed by atoms with E-state index in [0.717, 1.165) is 6.42 Å². The molecule has 1 fully saturated rings. The minimum absolute atomic E-state index is 0.431. The molecule has 0 radical (unpaired) electrons. The second-order valence-corrected chi connectivity index (χ2v) is 4.39.